The molecule has 214 valence electrons. The molecule has 2 aromatic rings. The van der Waals surface area contributed by atoms with E-state index in [1.165, 1.54) is 50.1 Å². The van der Waals surface area contributed by atoms with E-state index in [1.54, 1.807) is 32.9 Å². The molecule has 2 fully saturated rings. The SMILES string of the molecule is COC(=O)[C@H](C)NP(=O)(OC[C@H]1O[C@@H](n2ccc(N)nc2=O)[C@]2(C)OC(C)(C)O[C@H]12)Oc1ccc(OC)cc1. The van der Waals surface area contributed by atoms with Crippen molar-refractivity contribution in [1.82, 2.24) is 14.6 Å². The molecule has 0 aliphatic carbocycles. The number of nitrogen functional groups attached to an aromatic ring is 1. The van der Waals surface area contributed by atoms with Crippen molar-refractivity contribution in [3.05, 3.63) is 47.0 Å². The van der Waals surface area contributed by atoms with Crippen molar-refractivity contribution in [3.8, 4) is 11.5 Å². The molecule has 0 spiro atoms. The summed E-state index contributed by atoms with van der Waals surface area (Å²) in [5.74, 6) is -0.883. The van der Waals surface area contributed by atoms with Crippen molar-refractivity contribution in [2.24, 2.45) is 0 Å². The van der Waals surface area contributed by atoms with Crippen LogP contribution in [0.15, 0.2) is 41.3 Å². The second-order valence-electron chi connectivity index (χ2n) is 9.73. The Kier molecular flexibility index (Phi) is 8.08. The maximum Gasteiger partial charge on any atom is 0.459 e. The van der Waals surface area contributed by atoms with Gasteiger partial charge in [0.15, 0.2) is 12.0 Å². The van der Waals surface area contributed by atoms with Gasteiger partial charge in [-0.2, -0.15) is 10.1 Å². The van der Waals surface area contributed by atoms with Gasteiger partial charge in [-0.25, -0.2) is 9.36 Å². The Balaban J connectivity index is 1.60. The summed E-state index contributed by atoms with van der Waals surface area (Å²) in [5.41, 5.74) is 3.86. The number of fused-ring (bicyclic) bond motifs is 1. The van der Waals surface area contributed by atoms with E-state index in [2.05, 4.69) is 10.1 Å². The minimum atomic E-state index is -4.20. The molecule has 6 atom stereocenters. The summed E-state index contributed by atoms with van der Waals surface area (Å²) in [5, 5.41) is 2.59. The zero-order valence-electron chi connectivity index (χ0n) is 22.5. The summed E-state index contributed by atoms with van der Waals surface area (Å²) in [6, 6.07) is 6.73. The highest BCUT2D eigenvalue weighted by Gasteiger charge is 2.64. The first-order valence-corrected chi connectivity index (χ1v) is 13.7. The van der Waals surface area contributed by atoms with Crippen molar-refractivity contribution in [2.45, 2.75) is 63.6 Å². The van der Waals surface area contributed by atoms with Gasteiger partial charge in [-0.1, -0.05) is 0 Å². The fraction of sp³-hybridized carbons (Fsp3) is 0.542. The molecule has 4 rings (SSSR count). The third-order valence-corrected chi connectivity index (χ3v) is 7.92. The molecule has 2 aliphatic rings. The smallest absolute Gasteiger partial charge is 0.459 e. The topological polar surface area (TPSA) is 172 Å². The molecule has 14 nitrogen and oxygen atoms in total. The van der Waals surface area contributed by atoms with Crippen LogP contribution >= 0.6 is 7.75 Å². The van der Waals surface area contributed by atoms with Crippen molar-refractivity contribution in [3.63, 3.8) is 0 Å². The molecule has 0 amide bonds. The van der Waals surface area contributed by atoms with Gasteiger partial charge in [0.1, 0.15) is 41.2 Å². The van der Waals surface area contributed by atoms with Crippen LogP contribution in [0.25, 0.3) is 0 Å². The normalized spacial score (nSPS) is 27.8. The predicted molar refractivity (Wildman–Crippen MR) is 137 cm³/mol. The number of nitrogens with two attached hydrogens (primary N) is 1. The van der Waals surface area contributed by atoms with Gasteiger partial charge >= 0.3 is 19.4 Å². The van der Waals surface area contributed by atoms with Crippen LogP contribution in [0.1, 0.15) is 33.9 Å². The number of aromatic nitrogens is 2. The van der Waals surface area contributed by atoms with E-state index in [0.717, 1.165) is 0 Å². The fourth-order valence-corrected chi connectivity index (χ4v) is 6.12. The summed E-state index contributed by atoms with van der Waals surface area (Å²) < 4.78 is 55.0. The van der Waals surface area contributed by atoms with E-state index >= 15 is 0 Å². The lowest BCUT2D eigenvalue weighted by molar-refractivity contribution is -0.217. The minimum Gasteiger partial charge on any atom is -0.497 e. The zero-order valence-corrected chi connectivity index (χ0v) is 23.4. The van der Waals surface area contributed by atoms with Gasteiger partial charge in [0.25, 0.3) is 0 Å². The first kappa shape index (κ1) is 29.0. The third-order valence-electron chi connectivity index (χ3n) is 6.28. The zero-order chi connectivity index (χ0) is 28.6. The van der Waals surface area contributed by atoms with Gasteiger partial charge in [0, 0.05) is 6.20 Å². The molecule has 3 N–H and O–H groups in total. The average Bonchev–Trinajstić information content (AvgIpc) is 3.27. The third kappa shape index (κ3) is 6.11. The molecule has 1 aromatic heterocycles. The second-order valence-corrected chi connectivity index (χ2v) is 11.4. The number of benzene rings is 1. The number of ether oxygens (including phenoxy) is 5. The first-order chi connectivity index (χ1) is 18.3. The van der Waals surface area contributed by atoms with Gasteiger partial charge in [-0.3, -0.25) is 13.9 Å². The molecule has 0 bridgehead atoms. The predicted octanol–water partition coefficient (Wildman–Crippen LogP) is 2.00. The number of carbonyl (C=O) groups is 1. The standard InChI is InChI=1S/C24H33N4O10P/c1-14(20(29)33-6)27-39(31,37-16-9-7-15(32-5)8-10-16)34-13-17-19-24(4,38-23(2,3)36-19)21(35-17)28-12-11-18(25)26-22(28)30/h7-12,14,17,19,21H,13H2,1-6H3,(H,27,31)(H2,25,26,30)/t14-,17+,19+,21+,24+,39?/m0/s1. The van der Waals surface area contributed by atoms with Crippen LogP contribution in [-0.2, 0) is 32.8 Å². The fourth-order valence-electron chi connectivity index (χ4n) is 4.62. The van der Waals surface area contributed by atoms with E-state index in [1.807, 2.05) is 0 Å². The molecule has 0 saturated carbocycles. The molecule has 1 aromatic carbocycles. The van der Waals surface area contributed by atoms with Crippen LogP contribution in [0.4, 0.5) is 5.82 Å². The van der Waals surface area contributed by atoms with Gasteiger partial charge in [-0.15, -0.1) is 0 Å². The van der Waals surface area contributed by atoms with E-state index in [4.69, 9.17) is 38.5 Å². The molecule has 3 heterocycles. The number of nitrogens with zero attached hydrogens (tertiary/aromatic N) is 2. The minimum absolute atomic E-state index is 0.0576. The van der Waals surface area contributed by atoms with Gasteiger partial charge in [-0.05, 0) is 58.0 Å². The maximum atomic E-state index is 13.9. The molecular weight excluding hydrogens is 535 g/mol. The van der Waals surface area contributed by atoms with E-state index in [9.17, 15) is 14.2 Å². The highest BCUT2D eigenvalue weighted by atomic mass is 31.2. The Morgan fingerprint density at radius 2 is 1.87 bits per heavy atom. The number of carbonyl (C=O) groups excluding carboxylic acids is 1. The number of hydrogen-bond donors (Lipinski definition) is 2. The largest absolute Gasteiger partial charge is 0.497 e. The van der Waals surface area contributed by atoms with Crippen LogP contribution in [0.2, 0.25) is 0 Å². The first-order valence-electron chi connectivity index (χ1n) is 12.1. The maximum absolute atomic E-state index is 13.9. The Hall–Kier alpha value is -3.00. The summed E-state index contributed by atoms with van der Waals surface area (Å²) in [4.78, 5) is 28.5. The van der Waals surface area contributed by atoms with Gasteiger partial charge in [0.2, 0.25) is 0 Å². The van der Waals surface area contributed by atoms with Crippen LogP contribution in [-0.4, -0.2) is 66.0 Å². The molecule has 39 heavy (non-hydrogen) atoms. The Bertz CT molecular complexity index is 1300. The number of methoxy groups -OCH3 is 2. The number of nitrogens with one attached hydrogen (secondary N) is 1. The molecular formula is C24H33N4O10P. The van der Waals surface area contributed by atoms with Crippen molar-refractivity contribution in [2.75, 3.05) is 26.6 Å². The van der Waals surface area contributed by atoms with Crippen molar-refractivity contribution in [1.29, 1.82) is 0 Å². The van der Waals surface area contributed by atoms with Gasteiger partial charge in [0.05, 0.1) is 20.8 Å². The lowest BCUT2D eigenvalue weighted by atomic mass is 9.96. The number of anilines is 1. The highest BCUT2D eigenvalue weighted by Crippen LogP contribution is 2.52. The Morgan fingerprint density at radius 3 is 2.49 bits per heavy atom. The molecule has 2 saturated heterocycles. The van der Waals surface area contributed by atoms with Crippen molar-refractivity contribution < 1.29 is 42.1 Å². The molecule has 15 heteroatoms. The average molecular weight is 569 g/mol. The number of rotatable bonds is 10. The summed E-state index contributed by atoms with van der Waals surface area (Å²) in [6.07, 6.45) is -1.13. The molecule has 0 radical (unpaired) electrons. The van der Waals surface area contributed by atoms with Crippen LogP contribution < -0.4 is 25.8 Å². The molecule has 2 aliphatic heterocycles. The van der Waals surface area contributed by atoms with Crippen LogP contribution in [0, 0.1) is 0 Å². The quantitative estimate of drug-likeness (QED) is 0.315. The van der Waals surface area contributed by atoms with E-state index in [-0.39, 0.29) is 18.2 Å². The lowest BCUT2D eigenvalue weighted by Crippen LogP contribution is -2.45. The number of esters is 1. The second kappa shape index (κ2) is 10.9. The number of hydrogen-bond acceptors (Lipinski definition) is 12. The van der Waals surface area contributed by atoms with E-state index in [0.29, 0.717) is 5.75 Å². The van der Waals surface area contributed by atoms with Crippen molar-refractivity contribution >= 4 is 19.5 Å². The van der Waals surface area contributed by atoms with E-state index < -0.39 is 55.3 Å². The Labute approximate surface area is 225 Å². The molecule has 1 unspecified atom stereocenters. The van der Waals surface area contributed by atoms with Gasteiger partial charge < -0.3 is 33.9 Å². The highest BCUT2D eigenvalue weighted by molar-refractivity contribution is 7.52. The van der Waals surface area contributed by atoms with Crippen LogP contribution in [0.5, 0.6) is 11.5 Å². The Morgan fingerprint density at radius 1 is 1.21 bits per heavy atom. The monoisotopic (exact) mass is 568 g/mol. The summed E-state index contributed by atoms with van der Waals surface area (Å²) in [7, 11) is -1.49. The lowest BCUT2D eigenvalue weighted by Gasteiger charge is -2.30. The summed E-state index contributed by atoms with van der Waals surface area (Å²) >= 11 is 0. The summed E-state index contributed by atoms with van der Waals surface area (Å²) in [6.45, 7) is 6.33. The van der Waals surface area contributed by atoms with Crippen LogP contribution in [0.3, 0.4) is 0 Å².